The molecule has 3 N–H and O–H groups in total. The highest BCUT2D eigenvalue weighted by molar-refractivity contribution is 5.79. The molecule has 1 fully saturated rings. The van der Waals surface area contributed by atoms with E-state index in [1.807, 2.05) is 13.8 Å². The molecule has 1 saturated carbocycles. The minimum absolute atomic E-state index is 0.264. The molecular weight excluding hydrogens is 228 g/mol. The summed E-state index contributed by atoms with van der Waals surface area (Å²) in [4.78, 5) is 11.3. The van der Waals surface area contributed by atoms with Gasteiger partial charge in [-0.15, -0.1) is 0 Å². The van der Waals surface area contributed by atoms with Crippen molar-refractivity contribution in [1.82, 2.24) is 5.32 Å². The topological polar surface area (TPSA) is 64.3 Å². The van der Waals surface area contributed by atoms with E-state index in [1.54, 1.807) is 0 Å². The van der Waals surface area contributed by atoms with Crippen molar-refractivity contribution >= 4 is 5.91 Å². The number of carbonyl (C=O) groups excluding carboxylic acids is 1. The largest absolute Gasteiger partial charge is 0.378 e. The average molecular weight is 256 g/mol. The van der Waals surface area contributed by atoms with Crippen molar-refractivity contribution in [3.05, 3.63) is 0 Å². The van der Waals surface area contributed by atoms with E-state index in [0.29, 0.717) is 19.1 Å². The zero-order chi connectivity index (χ0) is 13.4. The molecule has 0 heterocycles. The Kier molecular flexibility index (Phi) is 7.28. The van der Waals surface area contributed by atoms with E-state index in [9.17, 15) is 4.79 Å². The summed E-state index contributed by atoms with van der Waals surface area (Å²) in [5.41, 5.74) is 5.37. The minimum Gasteiger partial charge on any atom is -0.378 e. The number of primary amides is 1. The Labute approximate surface area is 111 Å². The van der Waals surface area contributed by atoms with Gasteiger partial charge in [0.15, 0.2) is 0 Å². The standard InChI is InChI=1S/C14H28N2O2/c1-11(2)16-13(14(15)17)9-10-18-12-7-5-3-4-6-8-12/h11-13,16H,3-10H2,1-2H3,(H2,15,17). The number of ether oxygens (including phenoxy) is 1. The van der Waals surface area contributed by atoms with Gasteiger partial charge in [0.1, 0.15) is 0 Å². The van der Waals surface area contributed by atoms with Crippen molar-refractivity contribution in [1.29, 1.82) is 0 Å². The summed E-state index contributed by atoms with van der Waals surface area (Å²) in [5.74, 6) is -0.284. The van der Waals surface area contributed by atoms with Gasteiger partial charge in [-0.25, -0.2) is 0 Å². The number of nitrogens with one attached hydrogen (secondary N) is 1. The van der Waals surface area contributed by atoms with Crippen LogP contribution in [0, 0.1) is 0 Å². The first kappa shape index (κ1) is 15.4. The smallest absolute Gasteiger partial charge is 0.234 e. The van der Waals surface area contributed by atoms with E-state index < -0.39 is 0 Å². The summed E-state index contributed by atoms with van der Waals surface area (Å²) in [6, 6.07) is -0.00356. The summed E-state index contributed by atoms with van der Waals surface area (Å²) in [6.07, 6.45) is 8.60. The van der Waals surface area contributed by atoms with Crippen molar-refractivity contribution in [3.63, 3.8) is 0 Å². The summed E-state index contributed by atoms with van der Waals surface area (Å²) < 4.78 is 5.88. The van der Waals surface area contributed by atoms with E-state index >= 15 is 0 Å². The molecule has 1 aliphatic carbocycles. The van der Waals surface area contributed by atoms with Crippen LogP contribution in [-0.2, 0) is 9.53 Å². The number of carbonyl (C=O) groups is 1. The quantitative estimate of drug-likeness (QED) is 0.684. The zero-order valence-corrected chi connectivity index (χ0v) is 11.8. The van der Waals surface area contributed by atoms with E-state index in [0.717, 1.165) is 0 Å². The fourth-order valence-corrected chi connectivity index (χ4v) is 2.47. The Morgan fingerprint density at radius 3 is 2.39 bits per heavy atom. The van der Waals surface area contributed by atoms with Crippen LogP contribution in [0.3, 0.4) is 0 Å². The molecule has 0 aromatic rings. The summed E-state index contributed by atoms with van der Waals surface area (Å²) in [7, 11) is 0. The molecule has 1 atom stereocenters. The monoisotopic (exact) mass is 256 g/mol. The van der Waals surface area contributed by atoms with Gasteiger partial charge in [0.2, 0.25) is 5.91 Å². The molecule has 4 heteroatoms. The van der Waals surface area contributed by atoms with Gasteiger partial charge in [0.05, 0.1) is 12.1 Å². The zero-order valence-electron chi connectivity index (χ0n) is 11.8. The average Bonchev–Trinajstić information content (AvgIpc) is 2.55. The highest BCUT2D eigenvalue weighted by Gasteiger charge is 2.17. The molecule has 1 rings (SSSR count). The van der Waals surface area contributed by atoms with Crippen LogP contribution >= 0.6 is 0 Å². The SMILES string of the molecule is CC(C)NC(CCOC1CCCCCC1)C(N)=O. The molecule has 0 saturated heterocycles. The van der Waals surface area contributed by atoms with Gasteiger partial charge < -0.3 is 15.8 Å². The number of rotatable bonds is 7. The highest BCUT2D eigenvalue weighted by atomic mass is 16.5. The van der Waals surface area contributed by atoms with Crippen molar-refractivity contribution in [2.75, 3.05) is 6.61 Å². The first-order chi connectivity index (χ1) is 8.59. The van der Waals surface area contributed by atoms with Gasteiger partial charge in [0.25, 0.3) is 0 Å². The summed E-state index contributed by atoms with van der Waals surface area (Å²) in [5, 5.41) is 3.17. The lowest BCUT2D eigenvalue weighted by molar-refractivity contribution is -0.120. The van der Waals surface area contributed by atoms with E-state index in [4.69, 9.17) is 10.5 Å². The van der Waals surface area contributed by atoms with Crippen LogP contribution in [0.4, 0.5) is 0 Å². The molecule has 1 amide bonds. The van der Waals surface area contributed by atoms with Gasteiger partial charge in [-0.3, -0.25) is 4.79 Å². The lowest BCUT2D eigenvalue weighted by atomic mass is 10.1. The predicted molar refractivity (Wildman–Crippen MR) is 73.3 cm³/mol. The third kappa shape index (κ3) is 6.36. The number of amides is 1. The molecule has 18 heavy (non-hydrogen) atoms. The fourth-order valence-electron chi connectivity index (χ4n) is 2.47. The molecule has 0 aromatic carbocycles. The lowest BCUT2D eigenvalue weighted by Crippen LogP contribution is -2.45. The highest BCUT2D eigenvalue weighted by Crippen LogP contribution is 2.19. The van der Waals surface area contributed by atoms with Gasteiger partial charge in [-0.1, -0.05) is 39.5 Å². The predicted octanol–water partition coefficient (Wildman–Crippen LogP) is 1.97. The fraction of sp³-hybridized carbons (Fsp3) is 0.929. The van der Waals surface area contributed by atoms with Gasteiger partial charge in [-0.05, 0) is 19.3 Å². The van der Waals surface area contributed by atoms with Crippen molar-refractivity contribution < 1.29 is 9.53 Å². The van der Waals surface area contributed by atoms with Crippen LogP contribution in [0.15, 0.2) is 0 Å². The second-order valence-electron chi connectivity index (χ2n) is 5.55. The van der Waals surface area contributed by atoms with Crippen LogP contribution in [0.5, 0.6) is 0 Å². The van der Waals surface area contributed by atoms with Crippen molar-refractivity contribution in [2.45, 2.75) is 77.0 Å². The first-order valence-electron chi connectivity index (χ1n) is 7.26. The molecular formula is C14H28N2O2. The van der Waals surface area contributed by atoms with Crippen molar-refractivity contribution in [2.24, 2.45) is 5.73 Å². The Balaban J connectivity index is 2.22. The molecule has 4 nitrogen and oxygen atoms in total. The molecule has 0 bridgehead atoms. The molecule has 1 unspecified atom stereocenters. The molecule has 0 aromatic heterocycles. The Bertz CT molecular complexity index is 236. The maximum atomic E-state index is 11.3. The maximum absolute atomic E-state index is 11.3. The van der Waals surface area contributed by atoms with Crippen LogP contribution in [-0.4, -0.2) is 30.7 Å². The molecule has 0 radical (unpaired) electrons. The van der Waals surface area contributed by atoms with E-state index in [1.165, 1.54) is 38.5 Å². The Hall–Kier alpha value is -0.610. The first-order valence-corrected chi connectivity index (χ1v) is 7.26. The minimum atomic E-state index is -0.284. The maximum Gasteiger partial charge on any atom is 0.234 e. The second-order valence-corrected chi connectivity index (χ2v) is 5.55. The van der Waals surface area contributed by atoms with Crippen LogP contribution in [0.25, 0.3) is 0 Å². The Morgan fingerprint density at radius 2 is 1.89 bits per heavy atom. The van der Waals surface area contributed by atoms with Gasteiger partial charge in [-0.2, -0.15) is 0 Å². The van der Waals surface area contributed by atoms with Crippen LogP contribution in [0.2, 0.25) is 0 Å². The number of hydrogen-bond donors (Lipinski definition) is 2. The number of hydrogen-bond acceptors (Lipinski definition) is 3. The summed E-state index contributed by atoms with van der Waals surface area (Å²) in [6.45, 7) is 4.65. The molecule has 1 aliphatic rings. The molecule has 0 aliphatic heterocycles. The third-order valence-corrected chi connectivity index (χ3v) is 3.44. The van der Waals surface area contributed by atoms with Gasteiger partial charge >= 0.3 is 0 Å². The van der Waals surface area contributed by atoms with E-state index in [2.05, 4.69) is 5.32 Å². The lowest BCUT2D eigenvalue weighted by Gasteiger charge is -2.20. The molecule has 0 spiro atoms. The molecule has 106 valence electrons. The summed E-state index contributed by atoms with van der Waals surface area (Å²) >= 11 is 0. The van der Waals surface area contributed by atoms with Crippen LogP contribution < -0.4 is 11.1 Å². The third-order valence-electron chi connectivity index (χ3n) is 3.44. The number of nitrogens with two attached hydrogens (primary N) is 1. The van der Waals surface area contributed by atoms with Crippen LogP contribution in [0.1, 0.15) is 58.8 Å². The Morgan fingerprint density at radius 1 is 1.28 bits per heavy atom. The van der Waals surface area contributed by atoms with Crippen molar-refractivity contribution in [3.8, 4) is 0 Å². The normalized spacial score (nSPS) is 19.7. The second kappa shape index (κ2) is 8.48. The van der Waals surface area contributed by atoms with E-state index in [-0.39, 0.29) is 18.0 Å². The van der Waals surface area contributed by atoms with Gasteiger partial charge in [0, 0.05) is 12.6 Å².